The van der Waals surface area contributed by atoms with Crippen LogP contribution in [0.4, 0.5) is 0 Å². The Bertz CT molecular complexity index is 454. The average Bonchev–Trinajstić information content (AvgIpc) is 2.48. The summed E-state index contributed by atoms with van der Waals surface area (Å²) < 4.78 is 0. The maximum atomic E-state index is 6.75. The molecule has 2 rings (SSSR count). The molecule has 19 heavy (non-hydrogen) atoms. The van der Waals surface area contributed by atoms with Gasteiger partial charge in [-0.3, -0.25) is 0 Å². The number of benzene rings is 2. The van der Waals surface area contributed by atoms with Gasteiger partial charge in [0, 0.05) is 6.04 Å². The van der Waals surface area contributed by atoms with Gasteiger partial charge < -0.3 is 11.5 Å². The lowest BCUT2D eigenvalue weighted by molar-refractivity contribution is 0.396. The maximum absolute atomic E-state index is 6.75. The Balaban J connectivity index is 2.51. The van der Waals surface area contributed by atoms with Crippen LogP contribution < -0.4 is 11.5 Å². The van der Waals surface area contributed by atoms with Gasteiger partial charge >= 0.3 is 0 Å². The van der Waals surface area contributed by atoms with Crippen LogP contribution in [0.15, 0.2) is 60.7 Å². The quantitative estimate of drug-likeness (QED) is 0.861. The monoisotopic (exact) mass is 254 g/mol. The van der Waals surface area contributed by atoms with Crippen LogP contribution in [0.2, 0.25) is 0 Å². The molecule has 1 atom stereocenters. The van der Waals surface area contributed by atoms with E-state index < -0.39 is 5.54 Å². The molecule has 2 heteroatoms. The van der Waals surface area contributed by atoms with Gasteiger partial charge in [-0.15, -0.1) is 0 Å². The standard InChI is InChI=1S/C17H22N2/c1-2-9-16(18)17(19,14-10-5-3-6-11-14)15-12-7-4-8-13-15/h3-8,10-13,16H,2,9,18-19H2,1H3. The van der Waals surface area contributed by atoms with Crippen LogP contribution >= 0.6 is 0 Å². The Morgan fingerprint density at radius 1 is 0.895 bits per heavy atom. The molecule has 0 radical (unpaired) electrons. The lowest BCUT2D eigenvalue weighted by atomic mass is 9.76. The predicted molar refractivity (Wildman–Crippen MR) is 80.7 cm³/mol. The minimum absolute atomic E-state index is 0.0951. The topological polar surface area (TPSA) is 52.0 Å². The fraction of sp³-hybridized carbons (Fsp3) is 0.294. The van der Waals surface area contributed by atoms with Crippen molar-refractivity contribution in [1.82, 2.24) is 0 Å². The van der Waals surface area contributed by atoms with Gasteiger partial charge in [0.05, 0.1) is 5.54 Å². The molecule has 2 nitrogen and oxygen atoms in total. The van der Waals surface area contributed by atoms with Gasteiger partial charge in [0.25, 0.3) is 0 Å². The molecule has 0 heterocycles. The highest BCUT2D eigenvalue weighted by Crippen LogP contribution is 2.31. The Morgan fingerprint density at radius 3 is 1.68 bits per heavy atom. The van der Waals surface area contributed by atoms with Crippen LogP contribution in [0.3, 0.4) is 0 Å². The van der Waals surface area contributed by atoms with Gasteiger partial charge in [0.15, 0.2) is 0 Å². The van der Waals surface area contributed by atoms with Gasteiger partial charge in [0.1, 0.15) is 0 Å². The fourth-order valence-corrected chi connectivity index (χ4v) is 2.56. The molecule has 0 aromatic heterocycles. The largest absolute Gasteiger partial charge is 0.326 e. The second-order valence-corrected chi connectivity index (χ2v) is 5.00. The van der Waals surface area contributed by atoms with Crippen molar-refractivity contribution in [3.05, 3.63) is 71.8 Å². The predicted octanol–water partition coefficient (Wildman–Crippen LogP) is 3.02. The highest BCUT2D eigenvalue weighted by atomic mass is 14.9. The molecule has 0 fully saturated rings. The zero-order valence-electron chi connectivity index (χ0n) is 11.4. The summed E-state index contributed by atoms with van der Waals surface area (Å²) in [5, 5.41) is 0. The summed E-state index contributed by atoms with van der Waals surface area (Å²) in [4.78, 5) is 0. The molecular formula is C17H22N2. The summed E-state index contributed by atoms with van der Waals surface area (Å²) in [5.41, 5.74) is 14.7. The van der Waals surface area contributed by atoms with E-state index in [1.54, 1.807) is 0 Å². The summed E-state index contributed by atoms with van der Waals surface area (Å²) in [6.07, 6.45) is 1.93. The molecule has 2 aromatic carbocycles. The zero-order chi connectivity index (χ0) is 13.7. The summed E-state index contributed by atoms with van der Waals surface area (Å²) in [6, 6.07) is 20.2. The third kappa shape index (κ3) is 2.70. The number of nitrogens with two attached hydrogens (primary N) is 2. The van der Waals surface area contributed by atoms with Crippen molar-refractivity contribution in [2.24, 2.45) is 11.5 Å². The summed E-state index contributed by atoms with van der Waals surface area (Å²) >= 11 is 0. The third-order valence-electron chi connectivity index (χ3n) is 3.69. The van der Waals surface area contributed by atoms with E-state index in [4.69, 9.17) is 11.5 Å². The van der Waals surface area contributed by atoms with E-state index in [2.05, 4.69) is 31.2 Å². The first-order valence-electron chi connectivity index (χ1n) is 6.85. The number of hydrogen-bond donors (Lipinski definition) is 2. The van der Waals surface area contributed by atoms with E-state index in [-0.39, 0.29) is 6.04 Å². The SMILES string of the molecule is CCCC(N)C(N)(c1ccccc1)c1ccccc1. The molecule has 0 saturated carbocycles. The molecule has 0 bridgehead atoms. The van der Waals surface area contributed by atoms with Crippen LogP contribution in [0.5, 0.6) is 0 Å². The van der Waals surface area contributed by atoms with E-state index in [1.165, 1.54) is 0 Å². The van der Waals surface area contributed by atoms with E-state index >= 15 is 0 Å². The molecule has 0 amide bonds. The molecule has 0 aliphatic heterocycles. The molecule has 0 spiro atoms. The molecule has 100 valence electrons. The minimum atomic E-state index is -0.626. The first kappa shape index (κ1) is 13.8. The van der Waals surface area contributed by atoms with E-state index in [1.807, 2.05) is 36.4 Å². The Labute approximate surface area is 115 Å². The van der Waals surface area contributed by atoms with Gasteiger partial charge in [-0.2, -0.15) is 0 Å². The van der Waals surface area contributed by atoms with Gasteiger partial charge in [-0.1, -0.05) is 74.0 Å². The van der Waals surface area contributed by atoms with Crippen LogP contribution in [0.25, 0.3) is 0 Å². The highest BCUT2D eigenvalue weighted by Gasteiger charge is 2.35. The molecule has 0 aliphatic rings. The summed E-state index contributed by atoms with van der Waals surface area (Å²) in [6.45, 7) is 2.14. The minimum Gasteiger partial charge on any atom is -0.326 e. The van der Waals surface area contributed by atoms with E-state index in [9.17, 15) is 0 Å². The zero-order valence-corrected chi connectivity index (χ0v) is 11.4. The summed E-state index contributed by atoms with van der Waals surface area (Å²) in [5.74, 6) is 0. The van der Waals surface area contributed by atoms with E-state index in [0.29, 0.717) is 0 Å². The number of hydrogen-bond acceptors (Lipinski definition) is 2. The lowest BCUT2D eigenvalue weighted by Crippen LogP contribution is -2.53. The van der Waals surface area contributed by atoms with Crippen LogP contribution in [-0.2, 0) is 5.54 Å². The van der Waals surface area contributed by atoms with Crippen molar-refractivity contribution in [2.45, 2.75) is 31.3 Å². The smallest absolute Gasteiger partial charge is 0.0819 e. The van der Waals surface area contributed by atoms with Gasteiger partial charge in [-0.25, -0.2) is 0 Å². The van der Waals surface area contributed by atoms with Crippen molar-refractivity contribution in [3.63, 3.8) is 0 Å². The molecule has 4 N–H and O–H groups in total. The highest BCUT2D eigenvalue weighted by molar-refractivity contribution is 5.39. The second-order valence-electron chi connectivity index (χ2n) is 5.00. The van der Waals surface area contributed by atoms with Crippen LogP contribution in [0.1, 0.15) is 30.9 Å². The van der Waals surface area contributed by atoms with Gasteiger partial charge in [0.2, 0.25) is 0 Å². The van der Waals surface area contributed by atoms with E-state index in [0.717, 1.165) is 24.0 Å². The number of rotatable bonds is 5. The first-order valence-corrected chi connectivity index (χ1v) is 6.85. The third-order valence-corrected chi connectivity index (χ3v) is 3.69. The van der Waals surface area contributed by atoms with Crippen molar-refractivity contribution in [3.8, 4) is 0 Å². The molecule has 2 aromatic rings. The molecule has 1 unspecified atom stereocenters. The second kappa shape index (κ2) is 6.00. The van der Waals surface area contributed by atoms with Crippen molar-refractivity contribution >= 4 is 0 Å². The normalized spacial score (nSPS) is 13.2. The van der Waals surface area contributed by atoms with Crippen molar-refractivity contribution < 1.29 is 0 Å². The van der Waals surface area contributed by atoms with Crippen LogP contribution in [-0.4, -0.2) is 6.04 Å². The molecular weight excluding hydrogens is 232 g/mol. The Kier molecular flexibility index (Phi) is 4.35. The Morgan fingerprint density at radius 2 is 1.32 bits per heavy atom. The summed E-state index contributed by atoms with van der Waals surface area (Å²) in [7, 11) is 0. The first-order chi connectivity index (χ1) is 9.19. The van der Waals surface area contributed by atoms with Crippen molar-refractivity contribution in [1.29, 1.82) is 0 Å². The molecule has 0 saturated heterocycles. The molecule has 0 aliphatic carbocycles. The average molecular weight is 254 g/mol. The Hall–Kier alpha value is -1.64. The van der Waals surface area contributed by atoms with Crippen molar-refractivity contribution in [2.75, 3.05) is 0 Å². The lowest BCUT2D eigenvalue weighted by Gasteiger charge is -2.36. The van der Waals surface area contributed by atoms with Gasteiger partial charge in [-0.05, 0) is 17.5 Å². The van der Waals surface area contributed by atoms with Crippen LogP contribution in [0, 0.1) is 0 Å². The maximum Gasteiger partial charge on any atom is 0.0819 e. The fourth-order valence-electron chi connectivity index (χ4n) is 2.56.